The Morgan fingerprint density at radius 1 is 1.46 bits per heavy atom. The number of nitrogens with zero attached hydrogens (tertiary/aromatic N) is 1. The van der Waals surface area contributed by atoms with Crippen LogP contribution >= 0.6 is 15.9 Å². The first-order valence-corrected chi connectivity index (χ1v) is 4.90. The maximum Gasteiger partial charge on any atom is 0.124 e. The lowest BCUT2D eigenvalue weighted by atomic mass is 10.2. The smallest absolute Gasteiger partial charge is 0.124 e. The van der Waals surface area contributed by atoms with E-state index in [9.17, 15) is 5.11 Å². The molecule has 0 saturated heterocycles. The van der Waals surface area contributed by atoms with Crippen LogP contribution in [0.15, 0.2) is 27.7 Å². The minimum Gasteiger partial charge on any atom is -0.507 e. The maximum atomic E-state index is 9.44. The van der Waals surface area contributed by atoms with Crippen molar-refractivity contribution >= 4 is 22.1 Å². The van der Waals surface area contributed by atoms with Gasteiger partial charge in [0, 0.05) is 22.3 Å². The molecule has 2 nitrogen and oxygen atoms in total. The molecule has 70 valence electrons. The molecule has 0 aromatic heterocycles. The molecule has 0 amide bonds. The summed E-state index contributed by atoms with van der Waals surface area (Å²) in [5.74, 6) is 0.257. The zero-order valence-electron chi connectivity index (χ0n) is 7.66. The van der Waals surface area contributed by atoms with Crippen molar-refractivity contribution in [3.63, 3.8) is 0 Å². The third-order valence-corrected chi connectivity index (χ3v) is 1.99. The van der Waals surface area contributed by atoms with Gasteiger partial charge in [0.25, 0.3) is 0 Å². The third kappa shape index (κ3) is 3.19. The Hall–Kier alpha value is -0.830. The van der Waals surface area contributed by atoms with Gasteiger partial charge in [0.05, 0.1) is 0 Å². The summed E-state index contributed by atoms with van der Waals surface area (Å²) in [5.41, 5.74) is 0.739. The molecule has 3 heteroatoms. The topological polar surface area (TPSA) is 32.6 Å². The van der Waals surface area contributed by atoms with E-state index in [1.165, 1.54) is 0 Å². The largest absolute Gasteiger partial charge is 0.507 e. The summed E-state index contributed by atoms with van der Waals surface area (Å²) >= 11 is 3.33. The number of benzene rings is 1. The summed E-state index contributed by atoms with van der Waals surface area (Å²) in [7, 11) is 0. The van der Waals surface area contributed by atoms with Crippen molar-refractivity contribution in [2.24, 2.45) is 4.99 Å². The second-order valence-corrected chi connectivity index (χ2v) is 3.99. The van der Waals surface area contributed by atoms with Crippen LogP contribution in [-0.4, -0.2) is 17.4 Å². The SMILES string of the molecule is CC(C)N=Cc1cc(Br)ccc1O. The number of aromatic hydroxyl groups is 1. The Balaban J connectivity index is 2.93. The average molecular weight is 242 g/mol. The molecule has 0 heterocycles. The number of hydrogen-bond acceptors (Lipinski definition) is 2. The molecule has 1 N–H and O–H groups in total. The molecule has 1 aromatic carbocycles. The first kappa shape index (κ1) is 10.3. The van der Waals surface area contributed by atoms with Gasteiger partial charge in [-0.25, -0.2) is 0 Å². The number of rotatable bonds is 2. The predicted molar refractivity (Wildman–Crippen MR) is 58.5 cm³/mol. The first-order valence-electron chi connectivity index (χ1n) is 4.11. The number of hydrogen-bond donors (Lipinski definition) is 1. The highest BCUT2D eigenvalue weighted by Crippen LogP contribution is 2.20. The normalized spacial score (nSPS) is 11.4. The molecular formula is C10H12BrNO. The Morgan fingerprint density at radius 2 is 2.15 bits per heavy atom. The van der Waals surface area contributed by atoms with Gasteiger partial charge in [-0.2, -0.15) is 0 Å². The highest BCUT2D eigenvalue weighted by molar-refractivity contribution is 9.10. The fourth-order valence-corrected chi connectivity index (χ4v) is 1.24. The van der Waals surface area contributed by atoms with E-state index in [0.29, 0.717) is 0 Å². The van der Waals surface area contributed by atoms with Crippen LogP contribution in [0, 0.1) is 0 Å². The number of aliphatic imine (C=N–C) groups is 1. The second kappa shape index (κ2) is 4.42. The molecule has 0 aliphatic rings. The van der Waals surface area contributed by atoms with Crippen LogP contribution in [0.5, 0.6) is 5.75 Å². The zero-order valence-corrected chi connectivity index (χ0v) is 9.25. The Bertz CT molecular complexity index is 321. The van der Waals surface area contributed by atoms with E-state index in [1.807, 2.05) is 19.9 Å². The zero-order chi connectivity index (χ0) is 9.84. The van der Waals surface area contributed by atoms with Gasteiger partial charge in [0.15, 0.2) is 0 Å². The lowest BCUT2D eigenvalue weighted by Crippen LogP contribution is -1.90. The van der Waals surface area contributed by atoms with Gasteiger partial charge >= 0.3 is 0 Å². The van der Waals surface area contributed by atoms with Crippen LogP contribution in [-0.2, 0) is 0 Å². The molecule has 13 heavy (non-hydrogen) atoms. The van der Waals surface area contributed by atoms with Crippen molar-refractivity contribution in [2.45, 2.75) is 19.9 Å². The summed E-state index contributed by atoms with van der Waals surface area (Å²) in [6, 6.07) is 5.52. The maximum absolute atomic E-state index is 9.44. The van der Waals surface area contributed by atoms with Crippen LogP contribution in [0.3, 0.4) is 0 Å². The van der Waals surface area contributed by atoms with E-state index in [-0.39, 0.29) is 11.8 Å². The molecule has 0 unspecified atom stereocenters. The van der Waals surface area contributed by atoms with Crippen molar-refractivity contribution in [1.29, 1.82) is 0 Å². The lowest BCUT2D eigenvalue weighted by Gasteiger charge is -2.00. The van der Waals surface area contributed by atoms with Crippen molar-refractivity contribution < 1.29 is 5.11 Å². The standard InChI is InChI=1S/C10H12BrNO/c1-7(2)12-6-8-5-9(11)3-4-10(8)13/h3-7,13H,1-2H3. The van der Waals surface area contributed by atoms with E-state index in [2.05, 4.69) is 20.9 Å². The minimum atomic E-state index is 0.249. The average Bonchev–Trinajstić information content (AvgIpc) is 2.06. The molecule has 0 atom stereocenters. The number of phenolic OH excluding ortho intramolecular Hbond substituents is 1. The van der Waals surface area contributed by atoms with Crippen LogP contribution in [0.2, 0.25) is 0 Å². The van der Waals surface area contributed by atoms with E-state index >= 15 is 0 Å². The van der Waals surface area contributed by atoms with Crippen LogP contribution < -0.4 is 0 Å². The van der Waals surface area contributed by atoms with E-state index in [4.69, 9.17) is 0 Å². The number of halogens is 1. The summed E-state index contributed by atoms with van der Waals surface area (Å²) < 4.78 is 0.940. The van der Waals surface area contributed by atoms with Crippen LogP contribution in [0.25, 0.3) is 0 Å². The fraction of sp³-hybridized carbons (Fsp3) is 0.300. The summed E-state index contributed by atoms with van der Waals surface area (Å²) in [6.45, 7) is 3.98. The summed E-state index contributed by atoms with van der Waals surface area (Å²) in [4.78, 5) is 4.19. The van der Waals surface area contributed by atoms with Gasteiger partial charge in [0.2, 0.25) is 0 Å². The molecule has 0 fully saturated rings. The highest BCUT2D eigenvalue weighted by Gasteiger charge is 1.98. The van der Waals surface area contributed by atoms with Crippen LogP contribution in [0.1, 0.15) is 19.4 Å². The molecule has 1 rings (SSSR count). The molecule has 0 aliphatic heterocycles. The van der Waals surface area contributed by atoms with Crippen molar-refractivity contribution in [2.75, 3.05) is 0 Å². The molecule has 1 aromatic rings. The molecular weight excluding hydrogens is 230 g/mol. The molecule has 0 radical (unpaired) electrons. The second-order valence-electron chi connectivity index (χ2n) is 3.08. The third-order valence-electron chi connectivity index (χ3n) is 1.50. The van der Waals surface area contributed by atoms with Gasteiger partial charge in [-0.05, 0) is 32.0 Å². The van der Waals surface area contributed by atoms with E-state index in [0.717, 1.165) is 10.0 Å². The van der Waals surface area contributed by atoms with Crippen molar-refractivity contribution in [3.05, 3.63) is 28.2 Å². The first-order chi connectivity index (χ1) is 6.09. The molecule has 0 saturated carbocycles. The van der Waals surface area contributed by atoms with E-state index < -0.39 is 0 Å². The summed E-state index contributed by atoms with van der Waals surface area (Å²) in [5, 5.41) is 9.44. The van der Waals surface area contributed by atoms with Gasteiger partial charge in [-0.3, -0.25) is 4.99 Å². The molecule has 0 bridgehead atoms. The number of phenols is 1. The fourth-order valence-electron chi connectivity index (χ4n) is 0.858. The summed E-state index contributed by atoms with van der Waals surface area (Å²) in [6.07, 6.45) is 1.69. The predicted octanol–water partition coefficient (Wildman–Crippen LogP) is 2.98. The van der Waals surface area contributed by atoms with Gasteiger partial charge in [-0.1, -0.05) is 15.9 Å². The van der Waals surface area contributed by atoms with Crippen LogP contribution in [0.4, 0.5) is 0 Å². The van der Waals surface area contributed by atoms with Gasteiger partial charge in [0.1, 0.15) is 5.75 Å². The van der Waals surface area contributed by atoms with Gasteiger partial charge < -0.3 is 5.11 Å². The Kier molecular flexibility index (Phi) is 3.48. The molecule has 0 aliphatic carbocycles. The lowest BCUT2D eigenvalue weighted by molar-refractivity contribution is 0.474. The van der Waals surface area contributed by atoms with Crippen molar-refractivity contribution in [1.82, 2.24) is 0 Å². The van der Waals surface area contributed by atoms with E-state index in [1.54, 1.807) is 18.3 Å². The van der Waals surface area contributed by atoms with Crippen molar-refractivity contribution in [3.8, 4) is 5.75 Å². The quantitative estimate of drug-likeness (QED) is 0.794. The molecule has 0 spiro atoms. The Morgan fingerprint density at radius 3 is 2.77 bits per heavy atom. The highest BCUT2D eigenvalue weighted by atomic mass is 79.9. The Labute approximate surface area is 86.4 Å². The minimum absolute atomic E-state index is 0.249. The van der Waals surface area contributed by atoms with Gasteiger partial charge in [-0.15, -0.1) is 0 Å². The monoisotopic (exact) mass is 241 g/mol.